The first kappa shape index (κ1) is 13.5. The second kappa shape index (κ2) is 5.36. The number of carbonyl (C=O) groups excluding carboxylic acids is 1. The smallest absolute Gasteiger partial charge is 0.256 e. The minimum absolute atomic E-state index is 0.225. The Bertz CT molecular complexity index is 599. The van der Waals surface area contributed by atoms with Crippen molar-refractivity contribution >= 4 is 22.9 Å². The fourth-order valence-electron chi connectivity index (χ4n) is 1.66. The lowest BCUT2D eigenvalue weighted by Gasteiger charge is -2.17. The van der Waals surface area contributed by atoms with Crippen molar-refractivity contribution < 1.29 is 13.6 Å². The Hall–Kier alpha value is -1.95. The molecule has 100 valence electrons. The summed E-state index contributed by atoms with van der Waals surface area (Å²) in [5.74, 6) is -2.31. The third-order valence-corrected chi connectivity index (χ3v) is 3.40. The molecule has 6 heteroatoms. The molecule has 2 N–H and O–H groups in total. The van der Waals surface area contributed by atoms with E-state index in [4.69, 9.17) is 5.73 Å². The van der Waals surface area contributed by atoms with E-state index in [1.807, 2.05) is 16.8 Å². The molecule has 1 heterocycles. The van der Waals surface area contributed by atoms with Crippen molar-refractivity contribution in [3.05, 3.63) is 51.7 Å². The SMILES string of the molecule is CN(Cc1ccsc1)C(=O)c1cc(N)c(F)cc1F. The molecule has 0 spiro atoms. The highest BCUT2D eigenvalue weighted by molar-refractivity contribution is 7.07. The quantitative estimate of drug-likeness (QED) is 0.880. The number of amides is 1. The van der Waals surface area contributed by atoms with Gasteiger partial charge in [0.15, 0.2) is 0 Å². The number of hydrogen-bond donors (Lipinski definition) is 1. The maximum absolute atomic E-state index is 13.6. The van der Waals surface area contributed by atoms with Crippen molar-refractivity contribution in [2.24, 2.45) is 0 Å². The van der Waals surface area contributed by atoms with Crippen LogP contribution in [0.4, 0.5) is 14.5 Å². The van der Waals surface area contributed by atoms with Gasteiger partial charge < -0.3 is 10.6 Å². The zero-order valence-corrected chi connectivity index (χ0v) is 11.0. The van der Waals surface area contributed by atoms with Gasteiger partial charge in [-0.2, -0.15) is 11.3 Å². The molecule has 0 saturated carbocycles. The highest BCUT2D eigenvalue weighted by atomic mass is 32.1. The monoisotopic (exact) mass is 282 g/mol. The molecule has 0 fully saturated rings. The number of hydrogen-bond acceptors (Lipinski definition) is 3. The molecule has 0 atom stereocenters. The van der Waals surface area contributed by atoms with Gasteiger partial charge in [0.05, 0.1) is 11.3 Å². The van der Waals surface area contributed by atoms with Gasteiger partial charge in [-0.25, -0.2) is 8.78 Å². The van der Waals surface area contributed by atoms with E-state index in [0.717, 1.165) is 11.6 Å². The standard InChI is InChI=1S/C13H12F2N2OS/c1-17(6-8-2-3-19-7-8)13(18)9-4-12(16)11(15)5-10(9)14/h2-5,7H,6,16H2,1H3. The number of halogens is 2. The van der Waals surface area contributed by atoms with E-state index in [2.05, 4.69) is 0 Å². The Morgan fingerprint density at radius 1 is 1.37 bits per heavy atom. The molecule has 1 aromatic carbocycles. The zero-order chi connectivity index (χ0) is 14.0. The number of nitrogens with zero attached hydrogens (tertiary/aromatic N) is 1. The third-order valence-electron chi connectivity index (χ3n) is 2.66. The number of benzene rings is 1. The Kier molecular flexibility index (Phi) is 3.80. The molecule has 0 aliphatic heterocycles. The van der Waals surface area contributed by atoms with Crippen LogP contribution in [-0.2, 0) is 6.54 Å². The van der Waals surface area contributed by atoms with Gasteiger partial charge in [0.25, 0.3) is 5.91 Å². The first-order chi connectivity index (χ1) is 8.99. The highest BCUT2D eigenvalue weighted by Crippen LogP contribution is 2.19. The molecular formula is C13H12F2N2OS. The van der Waals surface area contributed by atoms with Crippen molar-refractivity contribution in [1.82, 2.24) is 4.90 Å². The Morgan fingerprint density at radius 3 is 2.74 bits per heavy atom. The predicted molar refractivity (Wildman–Crippen MR) is 70.9 cm³/mol. The summed E-state index contributed by atoms with van der Waals surface area (Å²) in [5.41, 5.74) is 5.84. The summed E-state index contributed by atoms with van der Waals surface area (Å²) in [5, 5.41) is 3.79. The van der Waals surface area contributed by atoms with E-state index in [1.165, 1.54) is 16.2 Å². The lowest BCUT2D eigenvalue weighted by molar-refractivity contribution is 0.0780. The summed E-state index contributed by atoms with van der Waals surface area (Å²) in [6.45, 7) is 0.360. The van der Waals surface area contributed by atoms with Crippen LogP contribution in [0, 0.1) is 11.6 Å². The van der Waals surface area contributed by atoms with Gasteiger partial charge in [-0.1, -0.05) is 0 Å². The van der Waals surface area contributed by atoms with E-state index in [0.29, 0.717) is 12.6 Å². The zero-order valence-electron chi connectivity index (χ0n) is 10.2. The predicted octanol–water partition coefficient (Wildman–Crippen LogP) is 2.88. The van der Waals surface area contributed by atoms with Crippen LogP contribution >= 0.6 is 11.3 Å². The second-order valence-corrected chi connectivity index (χ2v) is 4.93. The van der Waals surface area contributed by atoms with Crippen LogP contribution in [0.15, 0.2) is 29.0 Å². The molecule has 0 saturated heterocycles. The molecular weight excluding hydrogens is 270 g/mol. The van der Waals surface area contributed by atoms with Crippen molar-refractivity contribution in [1.29, 1.82) is 0 Å². The number of carbonyl (C=O) groups is 1. The van der Waals surface area contributed by atoms with Crippen LogP contribution in [0.5, 0.6) is 0 Å². The van der Waals surface area contributed by atoms with Crippen LogP contribution in [0.2, 0.25) is 0 Å². The molecule has 19 heavy (non-hydrogen) atoms. The summed E-state index contributed by atoms with van der Waals surface area (Å²) in [6.07, 6.45) is 0. The molecule has 1 amide bonds. The minimum atomic E-state index is -0.908. The van der Waals surface area contributed by atoms with Crippen molar-refractivity contribution in [2.75, 3.05) is 12.8 Å². The average molecular weight is 282 g/mol. The summed E-state index contributed by atoms with van der Waals surface area (Å²) >= 11 is 1.52. The third kappa shape index (κ3) is 2.90. The topological polar surface area (TPSA) is 46.3 Å². The van der Waals surface area contributed by atoms with Gasteiger partial charge in [0.1, 0.15) is 11.6 Å². The summed E-state index contributed by atoms with van der Waals surface area (Å²) in [7, 11) is 1.55. The average Bonchev–Trinajstić information content (AvgIpc) is 2.85. The molecule has 3 nitrogen and oxygen atoms in total. The van der Waals surface area contributed by atoms with Gasteiger partial charge in [-0.05, 0) is 28.5 Å². The molecule has 1 aromatic heterocycles. The Morgan fingerprint density at radius 2 is 2.11 bits per heavy atom. The second-order valence-electron chi connectivity index (χ2n) is 4.15. The van der Waals surface area contributed by atoms with Gasteiger partial charge in [0.2, 0.25) is 0 Å². The van der Waals surface area contributed by atoms with Crippen LogP contribution < -0.4 is 5.73 Å². The van der Waals surface area contributed by atoms with Crippen molar-refractivity contribution in [3.8, 4) is 0 Å². The minimum Gasteiger partial charge on any atom is -0.396 e. The number of rotatable bonds is 3. The molecule has 0 aliphatic carbocycles. The molecule has 0 bridgehead atoms. The number of anilines is 1. The van der Waals surface area contributed by atoms with E-state index in [-0.39, 0.29) is 11.3 Å². The van der Waals surface area contributed by atoms with E-state index < -0.39 is 17.5 Å². The summed E-state index contributed by atoms with van der Waals surface area (Å²) in [6, 6.07) is 3.53. The normalized spacial score (nSPS) is 10.5. The summed E-state index contributed by atoms with van der Waals surface area (Å²) in [4.78, 5) is 13.4. The molecule has 2 aromatic rings. The van der Waals surface area contributed by atoms with E-state index >= 15 is 0 Å². The largest absolute Gasteiger partial charge is 0.396 e. The van der Waals surface area contributed by atoms with E-state index in [1.54, 1.807) is 7.05 Å². The van der Waals surface area contributed by atoms with Crippen LogP contribution in [0.1, 0.15) is 15.9 Å². The Labute approximate surface area is 113 Å². The number of thiophene rings is 1. The van der Waals surface area contributed by atoms with Crippen molar-refractivity contribution in [2.45, 2.75) is 6.54 Å². The number of nitrogen functional groups attached to an aromatic ring is 1. The lowest BCUT2D eigenvalue weighted by Crippen LogP contribution is -2.27. The maximum atomic E-state index is 13.6. The van der Waals surface area contributed by atoms with Crippen LogP contribution in [0.3, 0.4) is 0 Å². The molecule has 0 unspecified atom stereocenters. The molecule has 0 aliphatic rings. The molecule has 2 rings (SSSR count). The highest BCUT2D eigenvalue weighted by Gasteiger charge is 2.18. The van der Waals surface area contributed by atoms with Crippen molar-refractivity contribution in [3.63, 3.8) is 0 Å². The van der Waals surface area contributed by atoms with Gasteiger partial charge in [0, 0.05) is 19.7 Å². The maximum Gasteiger partial charge on any atom is 0.256 e. The fourth-order valence-corrected chi connectivity index (χ4v) is 2.32. The van der Waals surface area contributed by atoms with Gasteiger partial charge in [-0.3, -0.25) is 4.79 Å². The molecule has 0 radical (unpaired) electrons. The van der Waals surface area contributed by atoms with Crippen LogP contribution in [0.25, 0.3) is 0 Å². The first-order valence-electron chi connectivity index (χ1n) is 5.50. The first-order valence-corrected chi connectivity index (χ1v) is 6.44. The fraction of sp³-hybridized carbons (Fsp3) is 0.154. The number of nitrogens with two attached hydrogens (primary N) is 1. The Balaban J connectivity index is 2.21. The lowest BCUT2D eigenvalue weighted by atomic mass is 10.1. The van der Waals surface area contributed by atoms with Gasteiger partial charge in [-0.15, -0.1) is 0 Å². The van der Waals surface area contributed by atoms with Crippen LogP contribution in [-0.4, -0.2) is 17.9 Å². The van der Waals surface area contributed by atoms with E-state index in [9.17, 15) is 13.6 Å². The summed E-state index contributed by atoms with van der Waals surface area (Å²) < 4.78 is 26.6. The van der Waals surface area contributed by atoms with Gasteiger partial charge >= 0.3 is 0 Å².